The van der Waals surface area contributed by atoms with Crippen molar-refractivity contribution in [3.05, 3.63) is 35.7 Å². The minimum absolute atomic E-state index is 0.0509. The van der Waals surface area contributed by atoms with Crippen LogP contribution in [0.4, 0.5) is 0 Å². The molecule has 0 bridgehead atoms. The molecule has 0 fully saturated rings. The van der Waals surface area contributed by atoms with Crippen LogP contribution in [0.1, 0.15) is 12.8 Å². The Hall–Kier alpha value is -1.71. The van der Waals surface area contributed by atoms with Crippen LogP contribution in [0.5, 0.6) is 0 Å². The molecule has 0 radical (unpaired) electrons. The Bertz CT molecular complexity index is 362. The fourth-order valence-corrected chi connectivity index (χ4v) is 1.56. The van der Waals surface area contributed by atoms with Gasteiger partial charge >= 0.3 is 0 Å². The van der Waals surface area contributed by atoms with Gasteiger partial charge in [-0.25, -0.2) is 0 Å². The molecule has 1 heterocycles. The number of carbonyl (C=O) groups excluding carboxylic acids is 1. The first-order chi connectivity index (χ1) is 6.68. The van der Waals surface area contributed by atoms with E-state index >= 15 is 0 Å². The molecular formula is C10H10O4. The molecular weight excluding hydrogens is 184 g/mol. The number of fused-ring (bicyclic) bond motifs is 1. The minimum Gasteiger partial charge on any atom is -0.508 e. The molecule has 1 unspecified atom stereocenters. The lowest BCUT2D eigenvalue weighted by Gasteiger charge is -2.18. The fraction of sp³-hybridized carbons (Fsp3) is 0.300. The second kappa shape index (κ2) is 3.21. The van der Waals surface area contributed by atoms with Crippen LogP contribution in [0, 0.1) is 5.92 Å². The Balaban J connectivity index is 2.36. The Morgan fingerprint density at radius 3 is 3.00 bits per heavy atom. The van der Waals surface area contributed by atoms with E-state index < -0.39 is 0 Å². The standard InChI is InChI=1S/C10H10O4/c11-7-3-4-14-10-5-9(13)8(12)2-1-6(7)10/h3-6,12-13H,1-2H2. The van der Waals surface area contributed by atoms with Crippen molar-refractivity contribution in [2.45, 2.75) is 12.8 Å². The Morgan fingerprint density at radius 1 is 1.43 bits per heavy atom. The van der Waals surface area contributed by atoms with Crippen LogP contribution in [0.3, 0.4) is 0 Å². The lowest BCUT2D eigenvalue weighted by Crippen LogP contribution is -2.18. The SMILES string of the molecule is O=C1C=COC2=CC(O)=C(O)CCC12. The zero-order chi connectivity index (χ0) is 10.1. The van der Waals surface area contributed by atoms with Gasteiger partial charge in [0.25, 0.3) is 0 Å². The van der Waals surface area contributed by atoms with E-state index in [1.165, 1.54) is 18.4 Å². The lowest BCUT2D eigenvalue weighted by atomic mass is 9.95. The van der Waals surface area contributed by atoms with Gasteiger partial charge in [0.2, 0.25) is 0 Å². The first-order valence-electron chi connectivity index (χ1n) is 4.38. The molecule has 14 heavy (non-hydrogen) atoms. The highest BCUT2D eigenvalue weighted by Crippen LogP contribution is 2.29. The average Bonchev–Trinajstić information content (AvgIpc) is 2.29. The predicted molar refractivity (Wildman–Crippen MR) is 48.3 cm³/mol. The Kier molecular flexibility index (Phi) is 2.04. The molecule has 1 aliphatic carbocycles. The zero-order valence-electron chi connectivity index (χ0n) is 7.43. The third-order valence-corrected chi connectivity index (χ3v) is 2.37. The summed E-state index contributed by atoms with van der Waals surface area (Å²) in [7, 11) is 0. The fourth-order valence-electron chi connectivity index (χ4n) is 1.56. The number of ether oxygens (including phenoxy) is 1. The smallest absolute Gasteiger partial charge is 0.169 e. The summed E-state index contributed by atoms with van der Waals surface area (Å²) in [5, 5.41) is 18.6. The van der Waals surface area contributed by atoms with Gasteiger partial charge in [-0.3, -0.25) is 4.79 Å². The number of carbonyl (C=O) groups is 1. The minimum atomic E-state index is -0.369. The number of aliphatic hydroxyl groups excluding tert-OH is 2. The van der Waals surface area contributed by atoms with Crippen LogP contribution in [0.15, 0.2) is 35.7 Å². The number of ketones is 1. The van der Waals surface area contributed by atoms with E-state index in [9.17, 15) is 15.0 Å². The molecule has 2 N–H and O–H groups in total. The van der Waals surface area contributed by atoms with Crippen LogP contribution in [0.2, 0.25) is 0 Å². The summed E-state index contributed by atoms with van der Waals surface area (Å²) in [6.45, 7) is 0. The monoisotopic (exact) mass is 194 g/mol. The molecule has 2 rings (SSSR count). The van der Waals surface area contributed by atoms with Crippen molar-refractivity contribution in [3.63, 3.8) is 0 Å². The van der Waals surface area contributed by atoms with Crippen LogP contribution >= 0.6 is 0 Å². The highest BCUT2D eigenvalue weighted by atomic mass is 16.5. The molecule has 4 nitrogen and oxygen atoms in total. The predicted octanol–water partition coefficient (Wildman–Crippen LogP) is 1.72. The van der Waals surface area contributed by atoms with E-state index in [1.54, 1.807) is 0 Å². The number of hydrogen-bond acceptors (Lipinski definition) is 4. The maximum atomic E-state index is 11.4. The summed E-state index contributed by atoms with van der Waals surface area (Å²) in [5.41, 5.74) is 0. The molecule has 0 aromatic heterocycles. The van der Waals surface area contributed by atoms with Crippen molar-refractivity contribution in [1.29, 1.82) is 0 Å². The summed E-state index contributed by atoms with van der Waals surface area (Å²) in [6.07, 6.45) is 4.71. The summed E-state index contributed by atoms with van der Waals surface area (Å²) in [4.78, 5) is 11.4. The van der Waals surface area contributed by atoms with E-state index in [0.717, 1.165) is 0 Å². The maximum absolute atomic E-state index is 11.4. The average molecular weight is 194 g/mol. The topological polar surface area (TPSA) is 66.8 Å². The largest absolute Gasteiger partial charge is 0.508 e. The highest BCUT2D eigenvalue weighted by Gasteiger charge is 2.28. The molecule has 74 valence electrons. The van der Waals surface area contributed by atoms with Crippen molar-refractivity contribution in [2.75, 3.05) is 0 Å². The van der Waals surface area contributed by atoms with Crippen molar-refractivity contribution in [1.82, 2.24) is 0 Å². The van der Waals surface area contributed by atoms with Crippen LogP contribution in [-0.2, 0) is 9.53 Å². The van der Waals surface area contributed by atoms with Gasteiger partial charge in [-0.15, -0.1) is 0 Å². The Labute approximate surface area is 80.8 Å². The van der Waals surface area contributed by atoms with Gasteiger partial charge in [-0.1, -0.05) is 0 Å². The first-order valence-corrected chi connectivity index (χ1v) is 4.38. The molecule has 0 amide bonds. The molecule has 0 saturated carbocycles. The molecule has 2 aliphatic rings. The van der Waals surface area contributed by atoms with Gasteiger partial charge < -0.3 is 14.9 Å². The third-order valence-electron chi connectivity index (χ3n) is 2.37. The van der Waals surface area contributed by atoms with E-state index in [0.29, 0.717) is 18.6 Å². The summed E-state index contributed by atoms with van der Waals surface area (Å²) >= 11 is 0. The molecule has 0 aromatic carbocycles. The van der Waals surface area contributed by atoms with Gasteiger partial charge in [0.05, 0.1) is 12.2 Å². The van der Waals surface area contributed by atoms with Gasteiger partial charge in [-0.05, 0) is 6.42 Å². The second-order valence-electron chi connectivity index (χ2n) is 3.29. The second-order valence-corrected chi connectivity index (χ2v) is 3.29. The normalized spacial score (nSPS) is 26.4. The van der Waals surface area contributed by atoms with Gasteiger partial charge in [0.15, 0.2) is 11.5 Å². The maximum Gasteiger partial charge on any atom is 0.169 e. The summed E-state index contributed by atoms with van der Waals surface area (Å²) in [5.74, 6) is -0.329. The molecule has 1 atom stereocenters. The van der Waals surface area contributed by atoms with Crippen LogP contribution in [0.25, 0.3) is 0 Å². The lowest BCUT2D eigenvalue weighted by molar-refractivity contribution is -0.119. The van der Waals surface area contributed by atoms with E-state index in [2.05, 4.69) is 0 Å². The van der Waals surface area contributed by atoms with Gasteiger partial charge in [0.1, 0.15) is 11.5 Å². The Morgan fingerprint density at radius 2 is 2.21 bits per heavy atom. The van der Waals surface area contributed by atoms with Crippen LogP contribution in [-0.4, -0.2) is 16.0 Å². The van der Waals surface area contributed by atoms with E-state index in [-0.39, 0.29) is 23.2 Å². The van der Waals surface area contributed by atoms with Crippen LogP contribution < -0.4 is 0 Å². The third kappa shape index (κ3) is 1.39. The first kappa shape index (κ1) is 8.87. The number of rotatable bonds is 0. The molecule has 0 aromatic rings. The number of aliphatic hydroxyl groups is 2. The van der Waals surface area contributed by atoms with Gasteiger partial charge in [-0.2, -0.15) is 0 Å². The zero-order valence-corrected chi connectivity index (χ0v) is 7.43. The highest BCUT2D eigenvalue weighted by molar-refractivity contribution is 5.94. The van der Waals surface area contributed by atoms with Gasteiger partial charge in [0, 0.05) is 18.6 Å². The van der Waals surface area contributed by atoms with Crippen molar-refractivity contribution in [2.24, 2.45) is 5.92 Å². The molecule has 4 heteroatoms. The number of allylic oxidation sites excluding steroid dienone is 4. The van der Waals surface area contributed by atoms with Crippen molar-refractivity contribution < 1.29 is 19.7 Å². The van der Waals surface area contributed by atoms with Crippen molar-refractivity contribution in [3.8, 4) is 0 Å². The summed E-state index contributed by atoms with van der Waals surface area (Å²) in [6, 6.07) is 0. The summed E-state index contributed by atoms with van der Waals surface area (Å²) < 4.78 is 5.11. The number of hydrogen-bond donors (Lipinski definition) is 2. The quantitative estimate of drug-likeness (QED) is 0.616. The van der Waals surface area contributed by atoms with E-state index in [1.807, 2.05) is 0 Å². The molecule has 0 saturated heterocycles. The molecule has 0 spiro atoms. The molecule has 1 aliphatic heterocycles. The van der Waals surface area contributed by atoms with E-state index in [4.69, 9.17) is 4.74 Å². The van der Waals surface area contributed by atoms with Crippen molar-refractivity contribution >= 4 is 5.78 Å².